The van der Waals surface area contributed by atoms with Crippen molar-refractivity contribution in [1.82, 2.24) is 10.2 Å². The Hall–Kier alpha value is -0.150. The number of halogens is 1. The van der Waals surface area contributed by atoms with Crippen LogP contribution in [0.15, 0.2) is 0 Å². The van der Waals surface area contributed by atoms with E-state index in [1.54, 1.807) is 0 Å². The standard InChI is InChI=1S/C12H25FN2/c1-4-11-9-14-12(3,5-2)10-15(11)8-6-7-13/h11,14H,4-10H2,1-3H3. The Bertz CT molecular complexity index is 186. The predicted octanol–water partition coefficient (Wildman–Crippen LogP) is 2.20. The summed E-state index contributed by atoms with van der Waals surface area (Å²) in [4.78, 5) is 2.46. The molecule has 0 aliphatic carbocycles. The molecule has 0 amide bonds. The molecule has 15 heavy (non-hydrogen) atoms. The van der Waals surface area contributed by atoms with E-state index in [1.165, 1.54) is 0 Å². The van der Waals surface area contributed by atoms with Crippen molar-refractivity contribution >= 4 is 0 Å². The molecule has 2 atom stereocenters. The van der Waals surface area contributed by atoms with E-state index in [0.29, 0.717) is 12.5 Å². The summed E-state index contributed by atoms with van der Waals surface area (Å²) in [6, 6.07) is 0.594. The summed E-state index contributed by atoms with van der Waals surface area (Å²) in [5, 5.41) is 3.62. The van der Waals surface area contributed by atoms with Gasteiger partial charge in [0.1, 0.15) is 0 Å². The third-order valence-corrected chi connectivity index (χ3v) is 3.66. The Morgan fingerprint density at radius 2 is 2.20 bits per heavy atom. The topological polar surface area (TPSA) is 15.3 Å². The molecule has 0 bridgehead atoms. The number of nitrogens with one attached hydrogen (secondary N) is 1. The van der Waals surface area contributed by atoms with Crippen LogP contribution in [0.3, 0.4) is 0 Å². The number of rotatable bonds is 5. The molecule has 0 spiro atoms. The van der Waals surface area contributed by atoms with Gasteiger partial charge in [0.15, 0.2) is 0 Å². The van der Waals surface area contributed by atoms with Gasteiger partial charge in [0.2, 0.25) is 0 Å². The van der Waals surface area contributed by atoms with Crippen molar-refractivity contribution in [2.45, 2.75) is 51.6 Å². The lowest BCUT2D eigenvalue weighted by Gasteiger charge is -2.46. The lowest BCUT2D eigenvalue weighted by molar-refractivity contribution is 0.0792. The van der Waals surface area contributed by atoms with E-state index in [4.69, 9.17) is 0 Å². The minimum absolute atomic E-state index is 0.191. The van der Waals surface area contributed by atoms with Gasteiger partial charge in [-0.25, -0.2) is 0 Å². The van der Waals surface area contributed by atoms with Gasteiger partial charge in [-0.1, -0.05) is 13.8 Å². The molecule has 0 aromatic rings. The first-order chi connectivity index (χ1) is 7.15. The first kappa shape index (κ1) is 12.9. The minimum atomic E-state index is -0.191. The van der Waals surface area contributed by atoms with E-state index < -0.39 is 0 Å². The summed E-state index contributed by atoms with van der Waals surface area (Å²) in [5.74, 6) is 0. The van der Waals surface area contributed by atoms with Crippen molar-refractivity contribution in [2.75, 3.05) is 26.3 Å². The van der Waals surface area contributed by atoms with Crippen LogP contribution >= 0.6 is 0 Å². The second-order valence-electron chi connectivity index (χ2n) is 4.87. The Morgan fingerprint density at radius 3 is 2.73 bits per heavy atom. The van der Waals surface area contributed by atoms with Crippen LogP contribution in [0.4, 0.5) is 4.39 Å². The van der Waals surface area contributed by atoms with E-state index in [2.05, 4.69) is 31.0 Å². The van der Waals surface area contributed by atoms with Crippen LogP contribution in [-0.4, -0.2) is 42.8 Å². The fourth-order valence-electron chi connectivity index (χ4n) is 2.29. The van der Waals surface area contributed by atoms with Gasteiger partial charge in [-0.3, -0.25) is 9.29 Å². The molecule has 2 nitrogen and oxygen atoms in total. The van der Waals surface area contributed by atoms with Crippen LogP contribution in [-0.2, 0) is 0 Å². The average Bonchev–Trinajstić information content (AvgIpc) is 2.26. The molecule has 0 aromatic heterocycles. The van der Waals surface area contributed by atoms with Crippen molar-refractivity contribution in [1.29, 1.82) is 0 Å². The van der Waals surface area contributed by atoms with Gasteiger partial charge in [0.05, 0.1) is 6.67 Å². The maximum Gasteiger partial charge on any atom is 0.0906 e. The average molecular weight is 216 g/mol. The van der Waals surface area contributed by atoms with Gasteiger partial charge in [-0.05, 0) is 26.2 Å². The van der Waals surface area contributed by atoms with Crippen molar-refractivity contribution in [3.63, 3.8) is 0 Å². The first-order valence-corrected chi connectivity index (χ1v) is 6.20. The molecule has 2 unspecified atom stereocenters. The zero-order chi connectivity index (χ0) is 11.3. The van der Waals surface area contributed by atoms with Gasteiger partial charge in [0.25, 0.3) is 0 Å². The monoisotopic (exact) mass is 216 g/mol. The van der Waals surface area contributed by atoms with Crippen LogP contribution in [0.25, 0.3) is 0 Å². The third kappa shape index (κ3) is 3.42. The number of hydrogen-bond acceptors (Lipinski definition) is 2. The maximum absolute atomic E-state index is 12.2. The molecule has 90 valence electrons. The highest BCUT2D eigenvalue weighted by molar-refractivity contribution is 4.93. The molecule has 0 radical (unpaired) electrons. The van der Waals surface area contributed by atoms with Gasteiger partial charge in [-0.2, -0.15) is 0 Å². The fraction of sp³-hybridized carbons (Fsp3) is 1.00. The third-order valence-electron chi connectivity index (χ3n) is 3.66. The SMILES string of the molecule is CCC1CNC(C)(CC)CN1CCCF. The largest absolute Gasteiger partial charge is 0.309 e. The van der Waals surface area contributed by atoms with Crippen molar-refractivity contribution in [3.8, 4) is 0 Å². The molecule has 1 heterocycles. The van der Waals surface area contributed by atoms with Crippen molar-refractivity contribution < 1.29 is 4.39 Å². The summed E-state index contributed by atoms with van der Waals surface area (Å²) in [6.07, 6.45) is 2.96. The van der Waals surface area contributed by atoms with E-state index in [-0.39, 0.29) is 12.2 Å². The van der Waals surface area contributed by atoms with Crippen LogP contribution in [0, 0.1) is 0 Å². The second-order valence-corrected chi connectivity index (χ2v) is 4.87. The summed E-state index contributed by atoms with van der Waals surface area (Å²) in [6.45, 7) is 9.52. The zero-order valence-electron chi connectivity index (χ0n) is 10.4. The summed E-state index contributed by atoms with van der Waals surface area (Å²) in [5.41, 5.74) is 0.224. The highest BCUT2D eigenvalue weighted by atomic mass is 19.1. The lowest BCUT2D eigenvalue weighted by Crippen LogP contribution is -2.62. The maximum atomic E-state index is 12.2. The molecule has 1 N–H and O–H groups in total. The molecule has 1 aliphatic heterocycles. The Morgan fingerprint density at radius 1 is 1.47 bits per heavy atom. The van der Waals surface area contributed by atoms with Crippen LogP contribution in [0.1, 0.15) is 40.0 Å². The lowest BCUT2D eigenvalue weighted by atomic mass is 9.92. The van der Waals surface area contributed by atoms with Crippen LogP contribution in [0.2, 0.25) is 0 Å². The van der Waals surface area contributed by atoms with E-state index in [9.17, 15) is 4.39 Å². The molecule has 3 heteroatoms. The van der Waals surface area contributed by atoms with Gasteiger partial charge in [0, 0.05) is 31.2 Å². The Labute approximate surface area is 93.2 Å². The van der Waals surface area contributed by atoms with Crippen LogP contribution < -0.4 is 5.32 Å². The second kappa shape index (κ2) is 5.80. The number of nitrogens with zero attached hydrogens (tertiary/aromatic N) is 1. The molecule has 1 fully saturated rings. The number of alkyl halides is 1. The highest BCUT2D eigenvalue weighted by Gasteiger charge is 2.33. The summed E-state index contributed by atoms with van der Waals surface area (Å²) in [7, 11) is 0. The van der Waals surface area contributed by atoms with E-state index in [0.717, 1.165) is 32.5 Å². The molecule has 0 saturated carbocycles. The summed E-state index contributed by atoms with van der Waals surface area (Å²) < 4.78 is 12.2. The highest BCUT2D eigenvalue weighted by Crippen LogP contribution is 2.20. The predicted molar refractivity (Wildman–Crippen MR) is 62.9 cm³/mol. The van der Waals surface area contributed by atoms with E-state index in [1.807, 2.05) is 0 Å². The molecular formula is C12H25FN2. The normalized spacial score (nSPS) is 33.2. The molecule has 1 rings (SSSR count). The van der Waals surface area contributed by atoms with Gasteiger partial charge < -0.3 is 5.32 Å². The number of hydrogen-bond donors (Lipinski definition) is 1. The van der Waals surface area contributed by atoms with Crippen LogP contribution in [0.5, 0.6) is 0 Å². The molecule has 1 aliphatic rings. The molecular weight excluding hydrogens is 191 g/mol. The smallest absolute Gasteiger partial charge is 0.0906 e. The summed E-state index contributed by atoms with van der Waals surface area (Å²) >= 11 is 0. The quantitative estimate of drug-likeness (QED) is 0.758. The molecule has 1 saturated heterocycles. The van der Waals surface area contributed by atoms with Gasteiger partial charge in [-0.15, -0.1) is 0 Å². The van der Waals surface area contributed by atoms with Crippen molar-refractivity contribution in [3.05, 3.63) is 0 Å². The Kier molecular flexibility index (Phi) is 5.00. The van der Waals surface area contributed by atoms with E-state index >= 15 is 0 Å². The fourth-order valence-corrected chi connectivity index (χ4v) is 2.29. The minimum Gasteiger partial charge on any atom is -0.309 e. The Balaban J connectivity index is 2.52. The zero-order valence-corrected chi connectivity index (χ0v) is 10.4. The molecule has 0 aromatic carbocycles. The first-order valence-electron chi connectivity index (χ1n) is 6.20. The van der Waals surface area contributed by atoms with Crippen molar-refractivity contribution in [2.24, 2.45) is 0 Å². The number of piperazine rings is 1. The van der Waals surface area contributed by atoms with Gasteiger partial charge >= 0.3 is 0 Å².